The molecule has 0 radical (unpaired) electrons. The molecule has 0 aromatic carbocycles. The summed E-state index contributed by atoms with van der Waals surface area (Å²) in [4.78, 5) is 11.2. The maximum atomic E-state index is 11.7. The number of rotatable bonds is 9. The summed E-state index contributed by atoms with van der Waals surface area (Å²) in [7, 11) is 0. The lowest BCUT2D eigenvalue weighted by Gasteiger charge is -2.09. The number of amides is 1. The van der Waals surface area contributed by atoms with Crippen molar-refractivity contribution in [1.82, 2.24) is 5.32 Å². The van der Waals surface area contributed by atoms with Gasteiger partial charge in [-0.1, -0.05) is 6.92 Å². The summed E-state index contributed by atoms with van der Waals surface area (Å²) < 4.78 is 39.4. The van der Waals surface area contributed by atoms with Crippen molar-refractivity contribution < 1.29 is 22.7 Å². The van der Waals surface area contributed by atoms with Crippen molar-refractivity contribution in [2.75, 3.05) is 25.6 Å². The highest BCUT2D eigenvalue weighted by Crippen LogP contribution is 2.14. The van der Waals surface area contributed by atoms with Crippen LogP contribution in [0.2, 0.25) is 0 Å². The lowest BCUT2D eigenvalue weighted by molar-refractivity contribution is -0.174. The first-order valence-electron chi connectivity index (χ1n) is 5.82. The molecule has 0 aromatic heterocycles. The minimum absolute atomic E-state index is 0.0544. The van der Waals surface area contributed by atoms with Crippen molar-refractivity contribution in [3.8, 4) is 0 Å². The first-order valence-corrected chi connectivity index (χ1v) is 6.35. The predicted octanol–water partition coefficient (Wildman–Crippen LogP) is 2.73. The molecule has 0 rings (SSSR count). The van der Waals surface area contributed by atoms with Gasteiger partial charge in [0.25, 0.3) is 0 Å². The fraction of sp³-hybridized carbons (Fsp3) is 0.909. The topological polar surface area (TPSA) is 38.3 Å². The van der Waals surface area contributed by atoms with Gasteiger partial charge in [0, 0.05) is 18.8 Å². The van der Waals surface area contributed by atoms with Crippen LogP contribution in [0.3, 0.4) is 0 Å². The van der Waals surface area contributed by atoms with Crippen LogP contribution in [0.25, 0.3) is 0 Å². The van der Waals surface area contributed by atoms with Crippen LogP contribution in [0.4, 0.5) is 13.2 Å². The molecule has 1 unspecified atom stereocenters. The monoisotopic (exact) mass is 289 g/mol. The smallest absolute Gasteiger partial charge is 0.372 e. The standard InChI is InChI=1S/C11H19ClF3NO2/c1-9(7-12)3-2-5-16-10(17)4-6-18-8-11(13,14)15/h9H,2-8H2,1H3,(H,16,17). The number of ether oxygens (including phenoxy) is 1. The molecule has 3 nitrogen and oxygen atoms in total. The molecule has 0 aliphatic carbocycles. The van der Waals surface area contributed by atoms with Gasteiger partial charge < -0.3 is 10.1 Å². The zero-order chi connectivity index (χ0) is 14.0. The SMILES string of the molecule is CC(CCl)CCCNC(=O)CCOCC(F)(F)F. The van der Waals surface area contributed by atoms with Crippen LogP contribution < -0.4 is 5.32 Å². The van der Waals surface area contributed by atoms with Crippen LogP contribution >= 0.6 is 11.6 Å². The van der Waals surface area contributed by atoms with Crippen LogP contribution in [0.1, 0.15) is 26.2 Å². The molecule has 0 spiro atoms. The highest BCUT2D eigenvalue weighted by atomic mass is 35.5. The van der Waals surface area contributed by atoms with Gasteiger partial charge in [-0.3, -0.25) is 4.79 Å². The third-order valence-corrected chi connectivity index (χ3v) is 2.73. The van der Waals surface area contributed by atoms with Crippen LogP contribution in [0, 0.1) is 5.92 Å². The average molecular weight is 290 g/mol. The number of hydrogen-bond donors (Lipinski definition) is 1. The molecule has 0 heterocycles. The number of carbonyl (C=O) groups excluding carboxylic acids is 1. The van der Waals surface area contributed by atoms with Crippen molar-refractivity contribution in [2.45, 2.75) is 32.4 Å². The van der Waals surface area contributed by atoms with Crippen LogP contribution in [0.5, 0.6) is 0 Å². The third-order valence-electron chi connectivity index (χ3n) is 2.20. The van der Waals surface area contributed by atoms with Crippen molar-refractivity contribution in [3.05, 3.63) is 0 Å². The van der Waals surface area contributed by atoms with Gasteiger partial charge in [-0.2, -0.15) is 13.2 Å². The number of alkyl halides is 4. The summed E-state index contributed by atoms with van der Waals surface area (Å²) in [6, 6.07) is 0. The van der Waals surface area contributed by atoms with Crippen molar-refractivity contribution in [1.29, 1.82) is 0 Å². The highest BCUT2D eigenvalue weighted by molar-refractivity contribution is 6.18. The quantitative estimate of drug-likeness (QED) is 0.523. The minimum atomic E-state index is -4.34. The third kappa shape index (κ3) is 12.0. The molecule has 1 amide bonds. The van der Waals surface area contributed by atoms with Gasteiger partial charge in [0.2, 0.25) is 5.91 Å². The van der Waals surface area contributed by atoms with Crippen LogP contribution in [-0.4, -0.2) is 37.7 Å². The Balaban J connectivity index is 3.38. The molecule has 0 aromatic rings. The molecular weight excluding hydrogens is 271 g/mol. The number of halogens is 4. The van der Waals surface area contributed by atoms with E-state index in [1.54, 1.807) is 0 Å². The van der Waals surface area contributed by atoms with E-state index in [0.29, 0.717) is 18.3 Å². The summed E-state index contributed by atoms with van der Waals surface area (Å²) in [5, 5.41) is 2.62. The first kappa shape index (κ1) is 17.5. The summed E-state index contributed by atoms with van der Waals surface area (Å²) in [5.41, 5.74) is 0. The maximum absolute atomic E-state index is 11.7. The van der Waals surface area contributed by atoms with Crippen molar-refractivity contribution in [2.24, 2.45) is 5.92 Å². The van der Waals surface area contributed by atoms with Gasteiger partial charge >= 0.3 is 6.18 Å². The second-order valence-electron chi connectivity index (χ2n) is 4.17. The molecule has 1 N–H and O–H groups in total. The molecule has 0 aliphatic heterocycles. The van der Waals surface area contributed by atoms with E-state index in [1.165, 1.54) is 0 Å². The van der Waals surface area contributed by atoms with E-state index in [1.807, 2.05) is 6.92 Å². The second-order valence-corrected chi connectivity index (χ2v) is 4.48. The Kier molecular flexibility index (Phi) is 9.18. The number of nitrogens with one attached hydrogen (secondary N) is 1. The fourth-order valence-electron chi connectivity index (χ4n) is 1.20. The van der Waals surface area contributed by atoms with Gasteiger partial charge in [-0.05, 0) is 18.8 Å². The molecule has 0 fully saturated rings. The fourth-order valence-corrected chi connectivity index (χ4v) is 1.35. The zero-order valence-electron chi connectivity index (χ0n) is 10.4. The van der Waals surface area contributed by atoms with E-state index in [9.17, 15) is 18.0 Å². The Hall–Kier alpha value is -0.490. The first-order chi connectivity index (χ1) is 8.35. The Morgan fingerprint density at radius 3 is 2.67 bits per heavy atom. The largest absolute Gasteiger partial charge is 0.411 e. The molecule has 7 heteroatoms. The Morgan fingerprint density at radius 2 is 2.11 bits per heavy atom. The van der Waals surface area contributed by atoms with E-state index >= 15 is 0 Å². The van der Waals surface area contributed by atoms with Crippen molar-refractivity contribution >= 4 is 17.5 Å². The number of hydrogen-bond acceptors (Lipinski definition) is 2. The van der Waals surface area contributed by atoms with Gasteiger partial charge in [-0.15, -0.1) is 11.6 Å². The molecule has 1 atom stereocenters. The van der Waals surface area contributed by atoms with Gasteiger partial charge in [0.1, 0.15) is 6.61 Å². The zero-order valence-corrected chi connectivity index (χ0v) is 11.1. The summed E-state index contributed by atoms with van der Waals surface area (Å²) in [6.45, 7) is 0.996. The molecular formula is C11H19ClF3NO2. The predicted molar refractivity (Wildman–Crippen MR) is 63.6 cm³/mol. The van der Waals surface area contributed by atoms with E-state index in [-0.39, 0.29) is 18.9 Å². The van der Waals surface area contributed by atoms with Crippen LogP contribution in [-0.2, 0) is 9.53 Å². The lowest BCUT2D eigenvalue weighted by atomic mass is 10.1. The Labute approximate surface area is 110 Å². The van der Waals surface area contributed by atoms with E-state index in [2.05, 4.69) is 10.1 Å². The summed E-state index contributed by atoms with van der Waals surface area (Å²) in [5.74, 6) is 0.688. The summed E-state index contributed by atoms with van der Waals surface area (Å²) >= 11 is 5.62. The Morgan fingerprint density at radius 1 is 1.44 bits per heavy atom. The van der Waals surface area contributed by atoms with Crippen molar-refractivity contribution in [3.63, 3.8) is 0 Å². The average Bonchev–Trinajstić information content (AvgIpc) is 2.28. The van der Waals surface area contributed by atoms with Gasteiger partial charge in [0.15, 0.2) is 0 Å². The van der Waals surface area contributed by atoms with Crippen LogP contribution in [0.15, 0.2) is 0 Å². The van der Waals surface area contributed by atoms with Gasteiger partial charge in [0.05, 0.1) is 6.61 Å². The molecule has 0 saturated heterocycles. The van der Waals surface area contributed by atoms with E-state index < -0.39 is 12.8 Å². The minimum Gasteiger partial charge on any atom is -0.372 e. The second kappa shape index (κ2) is 9.44. The van der Waals surface area contributed by atoms with Gasteiger partial charge in [-0.25, -0.2) is 0 Å². The molecule has 0 aliphatic rings. The summed E-state index contributed by atoms with van der Waals surface area (Å²) in [6.07, 6.45) is -2.67. The molecule has 18 heavy (non-hydrogen) atoms. The number of carbonyl (C=O) groups is 1. The molecule has 0 saturated carbocycles. The normalized spacial score (nSPS) is 13.4. The molecule has 108 valence electrons. The molecule has 0 bridgehead atoms. The van der Waals surface area contributed by atoms with E-state index in [0.717, 1.165) is 12.8 Å². The Bertz CT molecular complexity index is 237. The maximum Gasteiger partial charge on any atom is 0.411 e. The lowest BCUT2D eigenvalue weighted by Crippen LogP contribution is -2.26. The highest BCUT2D eigenvalue weighted by Gasteiger charge is 2.27. The van der Waals surface area contributed by atoms with E-state index in [4.69, 9.17) is 11.6 Å².